The zero-order valence-electron chi connectivity index (χ0n) is 25.0. The van der Waals surface area contributed by atoms with Crippen LogP contribution >= 0.6 is 0 Å². The molecule has 12 heteroatoms. The van der Waals surface area contributed by atoms with E-state index in [4.69, 9.17) is 14.6 Å². The Morgan fingerprint density at radius 1 is 0.956 bits per heavy atom. The summed E-state index contributed by atoms with van der Waals surface area (Å²) >= 11 is 0. The first kappa shape index (κ1) is 33.8. The molecule has 0 heterocycles. The lowest BCUT2D eigenvalue weighted by Crippen LogP contribution is -2.36. The number of aliphatic hydroxyl groups is 2. The minimum Gasteiger partial charge on any atom is -0.492 e. The van der Waals surface area contributed by atoms with Crippen LogP contribution in [0.3, 0.4) is 0 Å². The molecule has 3 aromatic rings. The predicted octanol–water partition coefficient (Wildman–Crippen LogP) is 4.60. The molecular weight excluding hydrogens is 600 g/mol. The number of carboxylic acid groups (broad SMARTS) is 1. The Kier molecular flexibility index (Phi) is 12.2. The molecule has 0 bridgehead atoms. The van der Waals surface area contributed by atoms with Crippen molar-refractivity contribution < 1.29 is 42.8 Å². The van der Waals surface area contributed by atoms with Crippen LogP contribution < -0.4 is 14.2 Å². The molecule has 0 spiro atoms. The van der Waals surface area contributed by atoms with Crippen LogP contribution in [-0.4, -0.2) is 78.8 Å². The van der Waals surface area contributed by atoms with Gasteiger partial charge in [-0.25, -0.2) is 17.9 Å². The Morgan fingerprint density at radius 3 is 2.31 bits per heavy atom. The van der Waals surface area contributed by atoms with Crippen LogP contribution in [0.2, 0.25) is 0 Å². The van der Waals surface area contributed by atoms with E-state index < -0.39 is 28.1 Å². The van der Waals surface area contributed by atoms with Crippen LogP contribution in [0.4, 0.5) is 4.79 Å². The van der Waals surface area contributed by atoms with Crippen LogP contribution in [0.25, 0.3) is 11.1 Å². The lowest BCUT2D eigenvalue weighted by molar-refractivity contribution is 0.0894. The number of carbonyl (C=O) groups is 2. The highest BCUT2D eigenvalue weighted by molar-refractivity contribution is 7.90. The van der Waals surface area contributed by atoms with Crippen molar-refractivity contribution in [1.29, 1.82) is 0 Å². The van der Waals surface area contributed by atoms with Gasteiger partial charge < -0.3 is 29.7 Å². The third kappa shape index (κ3) is 10.2. The molecule has 2 amide bonds. The minimum atomic E-state index is -3.92. The van der Waals surface area contributed by atoms with Crippen LogP contribution in [0.15, 0.2) is 72.8 Å². The summed E-state index contributed by atoms with van der Waals surface area (Å²) in [5, 5.41) is 29.0. The molecule has 45 heavy (non-hydrogen) atoms. The van der Waals surface area contributed by atoms with E-state index in [1.807, 2.05) is 18.2 Å². The summed E-state index contributed by atoms with van der Waals surface area (Å²) in [5.74, 6) is -0.345. The van der Waals surface area contributed by atoms with Crippen LogP contribution in [0.5, 0.6) is 11.5 Å². The van der Waals surface area contributed by atoms with Gasteiger partial charge in [-0.15, -0.1) is 0 Å². The normalized spacial score (nSPS) is 14.4. The Morgan fingerprint density at radius 2 is 1.64 bits per heavy atom. The minimum absolute atomic E-state index is 0.0158. The zero-order valence-corrected chi connectivity index (χ0v) is 25.8. The van der Waals surface area contributed by atoms with Crippen molar-refractivity contribution in [2.24, 2.45) is 0 Å². The summed E-state index contributed by atoms with van der Waals surface area (Å²) in [4.78, 5) is 25.8. The molecule has 242 valence electrons. The van der Waals surface area contributed by atoms with Crippen molar-refractivity contribution >= 4 is 22.0 Å². The number of hydrogen-bond acceptors (Lipinski definition) is 8. The SMILES string of the molecule is O=C(NS(=O)(=O)CCCO)c1ccc(-c2ccc(OCCN(C[C@H](O)c3ccccc3)C(=O)O)cc2)cc1OC1CCCCC1. The van der Waals surface area contributed by atoms with E-state index in [0.29, 0.717) is 17.1 Å². The molecule has 0 aliphatic heterocycles. The maximum atomic E-state index is 13.0. The molecule has 1 atom stereocenters. The number of sulfonamides is 1. The number of nitrogens with zero attached hydrogens (tertiary/aromatic N) is 1. The monoisotopic (exact) mass is 640 g/mol. The summed E-state index contributed by atoms with van der Waals surface area (Å²) in [7, 11) is -3.92. The third-order valence-electron chi connectivity index (χ3n) is 7.56. The Balaban J connectivity index is 1.42. The maximum absolute atomic E-state index is 13.0. The summed E-state index contributed by atoms with van der Waals surface area (Å²) in [6, 6.07) is 21.0. The zero-order chi connectivity index (χ0) is 32.2. The number of amides is 2. The molecule has 11 nitrogen and oxygen atoms in total. The van der Waals surface area contributed by atoms with Crippen LogP contribution in [-0.2, 0) is 10.0 Å². The van der Waals surface area contributed by atoms with Gasteiger partial charge in [0.2, 0.25) is 10.0 Å². The van der Waals surface area contributed by atoms with Gasteiger partial charge in [0.25, 0.3) is 5.91 Å². The van der Waals surface area contributed by atoms with E-state index in [2.05, 4.69) is 4.72 Å². The maximum Gasteiger partial charge on any atom is 0.407 e. The molecule has 1 aliphatic carbocycles. The second kappa shape index (κ2) is 16.3. The fraction of sp³-hybridized carbons (Fsp3) is 0.394. The number of benzene rings is 3. The van der Waals surface area contributed by atoms with Gasteiger partial charge in [0.05, 0.1) is 36.6 Å². The van der Waals surface area contributed by atoms with E-state index in [0.717, 1.165) is 48.1 Å². The molecular formula is C33H40N2O9S. The average molecular weight is 641 g/mol. The van der Waals surface area contributed by atoms with Gasteiger partial charge in [0, 0.05) is 6.61 Å². The van der Waals surface area contributed by atoms with E-state index in [-0.39, 0.29) is 50.1 Å². The molecule has 4 rings (SSSR count). The summed E-state index contributed by atoms with van der Waals surface area (Å²) in [6.45, 7) is -0.251. The van der Waals surface area contributed by atoms with E-state index in [1.165, 1.54) is 0 Å². The van der Waals surface area contributed by atoms with Crippen molar-refractivity contribution in [2.45, 2.75) is 50.7 Å². The number of nitrogens with one attached hydrogen (secondary N) is 1. The van der Waals surface area contributed by atoms with Gasteiger partial charge in [-0.05, 0) is 73.1 Å². The highest BCUT2D eigenvalue weighted by Crippen LogP contribution is 2.32. The van der Waals surface area contributed by atoms with Gasteiger partial charge in [-0.3, -0.25) is 4.79 Å². The number of hydrogen-bond donors (Lipinski definition) is 4. The second-order valence-electron chi connectivity index (χ2n) is 10.9. The Bertz CT molecular complexity index is 1510. The largest absolute Gasteiger partial charge is 0.492 e. The lowest BCUT2D eigenvalue weighted by Gasteiger charge is -2.24. The fourth-order valence-electron chi connectivity index (χ4n) is 5.12. The van der Waals surface area contributed by atoms with Crippen molar-refractivity contribution in [3.8, 4) is 22.6 Å². The molecule has 1 fully saturated rings. The number of rotatable bonds is 15. The topological polar surface area (TPSA) is 163 Å². The van der Waals surface area contributed by atoms with Gasteiger partial charge >= 0.3 is 6.09 Å². The van der Waals surface area contributed by atoms with Crippen LogP contribution in [0.1, 0.15) is 60.6 Å². The average Bonchev–Trinajstić information content (AvgIpc) is 3.04. The first-order chi connectivity index (χ1) is 21.6. The van der Waals surface area contributed by atoms with Gasteiger partial charge in [0.15, 0.2) is 0 Å². The fourth-order valence-corrected chi connectivity index (χ4v) is 6.13. The van der Waals surface area contributed by atoms with Crippen molar-refractivity contribution in [2.75, 3.05) is 32.1 Å². The summed E-state index contributed by atoms with van der Waals surface area (Å²) in [6.07, 6.45) is 2.66. The Hall–Kier alpha value is -4.13. The lowest BCUT2D eigenvalue weighted by atomic mass is 9.97. The van der Waals surface area contributed by atoms with E-state index in [1.54, 1.807) is 54.6 Å². The quantitative estimate of drug-likeness (QED) is 0.186. The van der Waals surface area contributed by atoms with E-state index >= 15 is 0 Å². The van der Waals surface area contributed by atoms with Crippen molar-refractivity contribution in [3.63, 3.8) is 0 Å². The van der Waals surface area contributed by atoms with Crippen molar-refractivity contribution in [1.82, 2.24) is 9.62 Å². The molecule has 3 aromatic carbocycles. The highest BCUT2D eigenvalue weighted by atomic mass is 32.2. The Labute approximate surface area is 263 Å². The van der Waals surface area contributed by atoms with Crippen molar-refractivity contribution in [3.05, 3.63) is 83.9 Å². The standard InChI is InChI=1S/C33H40N2O9S/c36-19-7-21-45(41,42)34-32(38)29-17-14-26(22-31(29)44-28-10-5-2-6-11-28)24-12-15-27(16-13-24)43-20-18-35(33(39)40)23-30(37)25-8-3-1-4-9-25/h1,3-4,8-9,12-17,22,28,30,36-37H,2,5-7,10-11,18-21,23H2,(H,34,38)(H,39,40)/t30-/m0/s1. The smallest absolute Gasteiger partial charge is 0.407 e. The molecule has 0 unspecified atom stereocenters. The molecule has 0 radical (unpaired) electrons. The molecule has 1 saturated carbocycles. The van der Waals surface area contributed by atoms with Gasteiger partial charge in [-0.2, -0.15) is 0 Å². The highest BCUT2D eigenvalue weighted by Gasteiger charge is 2.23. The molecule has 0 saturated heterocycles. The van der Waals surface area contributed by atoms with E-state index in [9.17, 15) is 28.2 Å². The first-order valence-corrected chi connectivity index (χ1v) is 16.7. The molecule has 4 N–H and O–H groups in total. The number of carbonyl (C=O) groups excluding carboxylic acids is 1. The molecule has 1 aliphatic rings. The summed E-state index contributed by atoms with van der Waals surface area (Å²) < 4.78 is 38.7. The first-order valence-electron chi connectivity index (χ1n) is 15.1. The molecule has 0 aromatic heterocycles. The summed E-state index contributed by atoms with van der Waals surface area (Å²) in [5.41, 5.74) is 2.29. The van der Waals surface area contributed by atoms with Gasteiger partial charge in [0.1, 0.15) is 18.1 Å². The number of aliphatic hydroxyl groups excluding tert-OH is 2. The second-order valence-corrected chi connectivity index (χ2v) is 12.8. The van der Waals surface area contributed by atoms with Gasteiger partial charge in [-0.1, -0.05) is 55.0 Å². The third-order valence-corrected chi connectivity index (χ3v) is 8.88. The number of ether oxygens (including phenoxy) is 2. The van der Waals surface area contributed by atoms with Crippen LogP contribution in [0, 0.1) is 0 Å². The predicted molar refractivity (Wildman–Crippen MR) is 169 cm³/mol.